The maximum absolute atomic E-state index is 13.2. The highest BCUT2D eigenvalue weighted by atomic mass is 16.5. The number of carbonyl (C=O) groups is 2. The Morgan fingerprint density at radius 1 is 1.06 bits per heavy atom. The largest absolute Gasteiger partial charge is 0.497 e. The predicted octanol–water partition coefficient (Wildman–Crippen LogP) is 4.33. The van der Waals surface area contributed by atoms with E-state index >= 15 is 0 Å². The second kappa shape index (κ2) is 11.6. The van der Waals surface area contributed by atoms with Crippen molar-refractivity contribution in [1.82, 2.24) is 10.2 Å². The molecule has 0 aromatic heterocycles. The minimum atomic E-state index is -0.637. The molecule has 2 amide bonds. The van der Waals surface area contributed by atoms with Crippen LogP contribution in [0.15, 0.2) is 36.4 Å². The van der Waals surface area contributed by atoms with Gasteiger partial charge in [-0.1, -0.05) is 25.1 Å². The smallest absolute Gasteiger partial charge is 0.261 e. The van der Waals surface area contributed by atoms with E-state index in [4.69, 9.17) is 9.47 Å². The molecule has 6 heteroatoms. The Kier molecular flexibility index (Phi) is 9.12. The summed E-state index contributed by atoms with van der Waals surface area (Å²) in [7, 11) is 1.61. The molecule has 0 fully saturated rings. The van der Waals surface area contributed by atoms with E-state index in [0.717, 1.165) is 34.4 Å². The van der Waals surface area contributed by atoms with Crippen LogP contribution in [0.1, 0.15) is 49.4 Å². The Hall–Kier alpha value is -3.02. The van der Waals surface area contributed by atoms with E-state index in [-0.39, 0.29) is 24.5 Å². The molecule has 0 unspecified atom stereocenters. The summed E-state index contributed by atoms with van der Waals surface area (Å²) in [4.78, 5) is 27.6. The minimum Gasteiger partial charge on any atom is -0.497 e. The van der Waals surface area contributed by atoms with Gasteiger partial charge in [0.05, 0.1) is 7.11 Å². The van der Waals surface area contributed by atoms with Gasteiger partial charge < -0.3 is 19.7 Å². The Morgan fingerprint density at radius 2 is 1.72 bits per heavy atom. The van der Waals surface area contributed by atoms with Crippen LogP contribution in [-0.2, 0) is 16.1 Å². The molecule has 2 atom stereocenters. The van der Waals surface area contributed by atoms with Crippen LogP contribution in [0.5, 0.6) is 11.5 Å². The van der Waals surface area contributed by atoms with Crippen molar-refractivity contribution in [2.24, 2.45) is 0 Å². The van der Waals surface area contributed by atoms with Crippen molar-refractivity contribution < 1.29 is 19.1 Å². The first kappa shape index (κ1) is 25.2. The van der Waals surface area contributed by atoms with Crippen LogP contribution in [0.25, 0.3) is 0 Å². The number of carbonyl (C=O) groups excluding carboxylic acids is 2. The highest BCUT2D eigenvalue weighted by Crippen LogP contribution is 2.23. The number of ether oxygens (including phenoxy) is 2. The number of amides is 2. The van der Waals surface area contributed by atoms with Crippen LogP contribution in [-0.4, -0.2) is 42.5 Å². The molecule has 1 N–H and O–H groups in total. The van der Waals surface area contributed by atoms with Crippen molar-refractivity contribution in [1.29, 1.82) is 0 Å². The van der Waals surface area contributed by atoms with Crippen LogP contribution >= 0.6 is 0 Å². The van der Waals surface area contributed by atoms with Gasteiger partial charge in [-0.15, -0.1) is 0 Å². The summed E-state index contributed by atoms with van der Waals surface area (Å²) >= 11 is 0. The maximum atomic E-state index is 13.2. The SMILES string of the molecule is CC[C@@H](C)NC(=O)[C@@H](C)N(Cc1ccc(OC)cc1)C(=O)COc1cc(C)cc(C)c1C. The van der Waals surface area contributed by atoms with Crippen molar-refractivity contribution >= 4 is 11.8 Å². The Balaban J connectivity index is 2.21. The number of nitrogens with one attached hydrogen (secondary N) is 1. The van der Waals surface area contributed by atoms with Gasteiger partial charge in [0, 0.05) is 12.6 Å². The molecular formula is C26H36N2O4. The molecule has 0 heterocycles. The summed E-state index contributed by atoms with van der Waals surface area (Å²) in [6, 6.07) is 10.9. The first-order chi connectivity index (χ1) is 15.2. The van der Waals surface area contributed by atoms with E-state index in [0.29, 0.717) is 12.3 Å². The summed E-state index contributed by atoms with van der Waals surface area (Å²) in [6.45, 7) is 11.9. The molecule has 0 aliphatic heterocycles. The Labute approximate surface area is 191 Å². The van der Waals surface area contributed by atoms with Crippen LogP contribution in [0.4, 0.5) is 0 Å². The van der Waals surface area contributed by atoms with Crippen molar-refractivity contribution in [3.8, 4) is 11.5 Å². The molecule has 0 saturated heterocycles. The molecule has 2 aromatic rings. The summed E-state index contributed by atoms with van der Waals surface area (Å²) < 4.78 is 11.1. The Bertz CT molecular complexity index is 924. The second-order valence-electron chi connectivity index (χ2n) is 8.36. The van der Waals surface area contributed by atoms with Gasteiger partial charge in [-0.25, -0.2) is 0 Å². The highest BCUT2D eigenvalue weighted by Gasteiger charge is 2.27. The topological polar surface area (TPSA) is 67.9 Å². The van der Waals surface area contributed by atoms with Crippen LogP contribution in [0, 0.1) is 20.8 Å². The van der Waals surface area contributed by atoms with Gasteiger partial charge >= 0.3 is 0 Å². The van der Waals surface area contributed by atoms with Gasteiger partial charge in [-0.2, -0.15) is 0 Å². The maximum Gasteiger partial charge on any atom is 0.261 e. The first-order valence-corrected chi connectivity index (χ1v) is 11.1. The first-order valence-electron chi connectivity index (χ1n) is 11.1. The zero-order valence-electron chi connectivity index (χ0n) is 20.3. The van der Waals surface area contributed by atoms with Gasteiger partial charge in [0.15, 0.2) is 6.61 Å². The molecule has 0 bridgehead atoms. The number of nitrogens with zero attached hydrogens (tertiary/aromatic N) is 1. The monoisotopic (exact) mass is 440 g/mol. The van der Waals surface area contributed by atoms with Crippen LogP contribution in [0.2, 0.25) is 0 Å². The molecule has 0 saturated carbocycles. The molecule has 6 nitrogen and oxygen atoms in total. The average Bonchev–Trinajstić information content (AvgIpc) is 2.78. The standard InChI is InChI=1S/C26H36N2O4/c1-8-19(4)27-26(30)21(6)28(15-22-9-11-23(31-7)12-10-22)25(29)16-32-24-14-17(2)13-18(3)20(24)5/h9-14,19,21H,8,15-16H2,1-7H3,(H,27,30)/t19-,21-/m1/s1. The lowest BCUT2D eigenvalue weighted by atomic mass is 10.1. The van der Waals surface area contributed by atoms with E-state index in [2.05, 4.69) is 11.4 Å². The number of benzene rings is 2. The fourth-order valence-electron chi connectivity index (χ4n) is 3.35. The molecule has 0 spiro atoms. The van der Waals surface area contributed by atoms with Gasteiger partial charge in [0.2, 0.25) is 5.91 Å². The minimum absolute atomic E-state index is 0.0389. The lowest BCUT2D eigenvalue weighted by Gasteiger charge is -2.29. The molecule has 2 rings (SSSR count). The van der Waals surface area contributed by atoms with Gasteiger partial charge in [-0.3, -0.25) is 9.59 Å². The summed E-state index contributed by atoms with van der Waals surface area (Å²) in [5.41, 5.74) is 4.10. The van der Waals surface area contributed by atoms with Crippen molar-refractivity contribution in [3.63, 3.8) is 0 Å². The van der Waals surface area contributed by atoms with E-state index in [1.807, 2.05) is 65.0 Å². The molecule has 0 radical (unpaired) electrons. The van der Waals surface area contributed by atoms with Gasteiger partial charge in [0.25, 0.3) is 5.91 Å². The third-order valence-electron chi connectivity index (χ3n) is 5.80. The Morgan fingerprint density at radius 3 is 2.31 bits per heavy atom. The molecule has 174 valence electrons. The van der Waals surface area contributed by atoms with Crippen molar-refractivity contribution in [2.45, 2.75) is 66.6 Å². The summed E-state index contributed by atoms with van der Waals surface area (Å²) in [5.74, 6) is 1.01. The third-order valence-corrected chi connectivity index (χ3v) is 5.80. The quantitative estimate of drug-likeness (QED) is 0.597. The molecule has 0 aliphatic rings. The highest BCUT2D eigenvalue weighted by molar-refractivity contribution is 5.88. The number of methoxy groups -OCH3 is 1. The van der Waals surface area contributed by atoms with Crippen molar-refractivity contribution in [3.05, 3.63) is 58.7 Å². The predicted molar refractivity (Wildman–Crippen MR) is 127 cm³/mol. The van der Waals surface area contributed by atoms with Gasteiger partial charge in [0.1, 0.15) is 17.5 Å². The number of rotatable bonds is 10. The zero-order valence-corrected chi connectivity index (χ0v) is 20.3. The van der Waals surface area contributed by atoms with E-state index < -0.39 is 6.04 Å². The summed E-state index contributed by atoms with van der Waals surface area (Å²) in [5, 5.41) is 2.97. The molecule has 32 heavy (non-hydrogen) atoms. The molecule has 0 aliphatic carbocycles. The number of hydrogen-bond donors (Lipinski definition) is 1. The molecular weight excluding hydrogens is 404 g/mol. The van der Waals surface area contributed by atoms with E-state index in [9.17, 15) is 9.59 Å². The number of aryl methyl sites for hydroxylation is 2. The zero-order chi connectivity index (χ0) is 23.8. The summed E-state index contributed by atoms with van der Waals surface area (Å²) in [6.07, 6.45) is 0.819. The van der Waals surface area contributed by atoms with Crippen LogP contribution in [0.3, 0.4) is 0 Å². The average molecular weight is 441 g/mol. The van der Waals surface area contributed by atoms with Crippen molar-refractivity contribution in [2.75, 3.05) is 13.7 Å². The van der Waals surface area contributed by atoms with Gasteiger partial charge in [-0.05, 0) is 81.5 Å². The lowest BCUT2D eigenvalue weighted by Crippen LogP contribution is -2.50. The third kappa shape index (κ3) is 6.74. The van der Waals surface area contributed by atoms with E-state index in [1.54, 1.807) is 18.9 Å². The molecule has 2 aromatic carbocycles. The normalized spacial score (nSPS) is 12.6. The van der Waals surface area contributed by atoms with Crippen LogP contribution < -0.4 is 14.8 Å². The number of hydrogen-bond acceptors (Lipinski definition) is 4. The fourth-order valence-corrected chi connectivity index (χ4v) is 3.35. The second-order valence-corrected chi connectivity index (χ2v) is 8.36. The van der Waals surface area contributed by atoms with E-state index in [1.165, 1.54) is 0 Å². The fraction of sp³-hybridized carbons (Fsp3) is 0.462. The lowest BCUT2D eigenvalue weighted by molar-refractivity contribution is -0.142.